The number of carbonyl (C=O) groups excluding carboxylic acids is 2. The van der Waals surface area contributed by atoms with E-state index >= 15 is 0 Å². The molecule has 1 aromatic rings. The summed E-state index contributed by atoms with van der Waals surface area (Å²) in [6, 6.07) is 7.77. The topological polar surface area (TPSA) is 63.2 Å². The van der Waals surface area contributed by atoms with E-state index in [1.165, 1.54) is 6.42 Å². The van der Waals surface area contributed by atoms with Crippen LogP contribution in [0.15, 0.2) is 35.7 Å². The summed E-state index contributed by atoms with van der Waals surface area (Å²) in [5.74, 6) is -0.308. The molecule has 19 heavy (non-hydrogen) atoms. The molecule has 2 fully saturated rings. The Hall–Kier alpha value is -2.10. The number of piperidine rings is 1. The predicted molar refractivity (Wildman–Crippen MR) is 69.6 cm³/mol. The van der Waals surface area contributed by atoms with E-state index in [4.69, 9.17) is 5.73 Å². The fourth-order valence-electron chi connectivity index (χ4n) is 3.50. The lowest BCUT2D eigenvalue weighted by Gasteiger charge is -2.21. The molecule has 0 unspecified atom stereocenters. The van der Waals surface area contributed by atoms with E-state index < -0.39 is 0 Å². The molecular weight excluding hydrogens is 240 g/mol. The number of carbonyl (C=O) groups is 2. The van der Waals surface area contributed by atoms with Crippen LogP contribution in [-0.4, -0.2) is 28.6 Å². The van der Waals surface area contributed by atoms with Crippen molar-refractivity contribution in [1.82, 2.24) is 4.90 Å². The Kier molecular flexibility index (Phi) is 1.97. The third kappa shape index (κ3) is 1.28. The second-order valence-electron chi connectivity index (χ2n) is 5.44. The van der Waals surface area contributed by atoms with E-state index in [2.05, 4.69) is 4.90 Å². The first-order valence-electron chi connectivity index (χ1n) is 6.66. The first-order chi connectivity index (χ1) is 9.20. The van der Waals surface area contributed by atoms with Crippen LogP contribution in [0.25, 0.3) is 0 Å². The molecule has 4 heteroatoms. The molecule has 1 aromatic carbocycles. The second kappa shape index (κ2) is 3.47. The number of Topliss-reactive ketones (excluding diaryl/α,β-unsaturated/α-hetero) is 2. The smallest absolute Gasteiger partial charge is 0.212 e. The third-order valence-corrected chi connectivity index (χ3v) is 4.46. The lowest BCUT2D eigenvalue weighted by atomic mass is 9.90. The molecule has 0 amide bonds. The quantitative estimate of drug-likeness (QED) is 0.771. The van der Waals surface area contributed by atoms with Crippen molar-refractivity contribution in [2.24, 2.45) is 5.73 Å². The Morgan fingerprint density at radius 2 is 1.58 bits per heavy atom. The Labute approximate surface area is 110 Å². The molecular formula is C15H14N2O2. The van der Waals surface area contributed by atoms with E-state index in [0.29, 0.717) is 28.9 Å². The molecule has 1 saturated heterocycles. The van der Waals surface area contributed by atoms with Crippen LogP contribution in [0.5, 0.6) is 0 Å². The number of allylic oxidation sites excluding steroid dienone is 2. The van der Waals surface area contributed by atoms with Gasteiger partial charge in [-0.2, -0.15) is 0 Å². The van der Waals surface area contributed by atoms with Gasteiger partial charge in [0.1, 0.15) is 11.4 Å². The van der Waals surface area contributed by atoms with Crippen molar-refractivity contribution in [2.75, 3.05) is 0 Å². The minimum atomic E-state index is -0.213. The fraction of sp³-hybridized carbons (Fsp3) is 0.333. The Morgan fingerprint density at radius 1 is 1.00 bits per heavy atom. The van der Waals surface area contributed by atoms with Gasteiger partial charge in [0.15, 0.2) is 0 Å². The van der Waals surface area contributed by atoms with Gasteiger partial charge in [-0.3, -0.25) is 9.59 Å². The highest BCUT2D eigenvalue weighted by Gasteiger charge is 2.54. The van der Waals surface area contributed by atoms with Crippen molar-refractivity contribution in [3.8, 4) is 0 Å². The maximum Gasteiger partial charge on any atom is 0.212 e. The summed E-state index contributed by atoms with van der Waals surface area (Å²) in [6.07, 6.45) is 3.41. The summed E-state index contributed by atoms with van der Waals surface area (Å²) in [5.41, 5.74) is 7.42. The van der Waals surface area contributed by atoms with Gasteiger partial charge in [0.25, 0.3) is 0 Å². The highest BCUT2D eigenvalue weighted by Crippen LogP contribution is 2.47. The maximum absolute atomic E-state index is 12.6. The number of rotatable bonds is 1. The number of ketones is 2. The van der Waals surface area contributed by atoms with Crippen LogP contribution < -0.4 is 5.73 Å². The Morgan fingerprint density at radius 3 is 2.21 bits per heavy atom. The van der Waals surface area contributed by atoms with E-state index in [1.54, 1.807) is 24.3 Å². The van der Waals surface area contributed by atoms with Gasteiger partial charge in [-0.25, -0.2) is 0 Å². The summed E-state index contributed by atoms with van der Waals surface area (Å²) < 4.78 is 0. The standard InChI is InChI=1S/C15H14N2O2/c16-12-13(17-10-6-3-7-11(10)17)15(19)9-5-2-1-4-8(9)14(12)18/h1-2,4-5,10-11H,3,6-7,16H2/t10-,11+,17?. The normalized spacial score (nSPS) is 28.5. The van der Waals surface area contributed by atoms with Crippen LogP contribution in [0.1, 0.15) is 40.0 Å². The first-order valence-corrected chi connectivity index (χ1v) is 6.66. The third-order valence-electron chi connectivity index (χ3n) is 4.46. The molecule has 0 aromatic heterocycles. The first kappa shape index (κ1) is 10.8. The van der Waals surface area contributed by atoms with Crippen molar-refractivity contribution in [3.05, 3.63) is 46.8 Å². The Balaban J connectivity index is 1.82. The lowest BCUT2D eigenvalue weighted by molar-refractivity contribution is 0.0955. The molecule has 0 radical (unpaired) electrons. The van der Waals surface area contributed by atoms with Crippen LogP contribution in [0, 0.1) is 0 Å². The Bertz CT molecular complexity index is 637. The zero-order valence-electron chi connectivity index (χ0n) is 10.4. The molecule has 96 valence electrons. The van der Waals surface area contributed by atoms with Gasteiger partial charge in [0.05, 0.1) is 0 Å². The van der Waals surface area contributed by atoms with Crippen molar-refractivity contribution in [1.29, 1.82) is 0 Å². The molecule has 2 aliphatic carbocycles. The number of hydrogen-bond donors (Lipinski definition) is 1. The SMILES string of the molecule is NC1=C(N2[C@@H]3CCC[C@@H]32)C(=O)c2ccccc2C1=O. The molecule has 3 aliphatic rings. The predicted octanol–water partition coefficient (Wildman–Crippen LogP) is 1.47. The zero-order valence-corrected chi connectivity index (χ0v) is 10.4. The van der Waals surface area contributed by atoms with E-state index in [9.17, 15) is 9.59 Å². The second-order valence-corrected chi connectivity index (χ2v) is 5.44. The molecule has 4 rings (SSSR count). The molecule has 1 heterocycles. The van der Waals surface area contributed by atoms with Gasteiger partial charge in [-0.15, -0.1) is 0 Å². The van der Waals surface area contributed by atoms with E-state index in [-0.39, 0.29) is 17.3 Å². The van der Waals surface area contributed by atoms with Gasteiger partial charge in [0, 0.05) is 23.2 Å². The number of nitrogens with two attached hydrogens (primary N) is 1. The van der Waals surface area contributed by atoms with Gasteiger partial charge in [-0.1, -0.05) is 24.3 Å². The van der Waals surface area contributed by atoms with Gasteiger partial charge >= 0.3 is 0 Å². The zero-order chi connectivity index (χ0) is 13.1. The molecule has 4 nitrogen and oxygen atoms in total. The minimum Gasteiger partial charge on any atom is -0.394 e. The average molecular weight is 254 g/mol. The highest BCUT2D eigenvalue weighted by atomic mass is 16.1. The summed E-state index contributed by atoms with van der Waals surface area (Å²) in [4.78, 5) is 26.9. The number of hydrogen-bond acceptors (Lipinski definition) is 4. The number of fused-ring (bicyclic) bond motifs is 2. The fourth-order valence-corrected chi connectivity index (χ4v) is 3.50. The van der Waals surface area contributed by atoms with E-state index in [1.807, 2.05) is 0 Å². The van der Waals surface area contributed by atoms with Crippen molar-refractivity contribution in [3.63, 3.8) is 0 Å². The van der Waals surface area contributed by atoms with Crippen LogP contribution >= 0.6 is 0 Å². The number of nitrogens with zero attached hydrogens (tertiary/aromatic N) is 1. The minimum absolute atomic E-state index is 0.0953. The molecule has 0 spiro atoms. The van der Waals surface area contributed by atoms with Crippen molar-refractivity contribution < 1.29 is 9.59 Å². The monoisotopic (exact) mass is 254 g/mol. The summed E-state index contributed by atoms with van der Waals surface area (Å²) in [7, 11) is 0. The van der Waals surface area contributed by atoms with Crippen molar-refractivity contribution in [2.45, 2.75) is 31.3 Å². The average Bonchev–Trinajstić information content (AvgIpc) is 2.88. The van der Waals surface area contributed by atoms with Crippen LogP contribution in [0.3, 0.4) is 0 Å². The summed E-state index contributed by atoms with van der Waals surface area (Å²) in [6.45, 7) is 0. The lowest BCUT2D eigenvalue weighted by Crippen LogP contribution is -2.31. The molecule has 1 aliphatic heterocycles. The largest absolute Gasteiger partial charge is 0.394 e. The van der Waals surface area contributed by atoms with Gasteiger partial charge in [0.2, 0.25) is 11.6 Å². The molecule has 0 bridgehead atoms. The summed E-state index contributed by atoms with van der Waals surface area (Å²) >= 11 is 0. The van der Waals surface area contributed by atoms with Gasteiger partial charge < -0.3 is 10.6 Å². The van der Waals surface area contributed by atoms with E-state index in [0.717, 1.165) is 12.8 Å². The van der Waals surface area contributed by atoms with Crippen LogP contribution in [0.2, 0.25) is 0 Å². The maximum atomic E-state index is 12.6. The number of likely N-dealkylation sites (tertiary alicyclic amines) is 1. The molecule has 2 N–H and O–H groups in total. The molecule has 2 atom stereocenters. The number of benzene rings is 1. The van der Waals surface area contributed by atoms with Gasteiger partial charge in [-0.05, 0) is 19.3 Å². The van der Waals surface area contributed by atoms with Crippen LogP contribution in [0.4, 0.5) is 0 Å². The summed E-state index contributed by atoms with van der Waals surface area (Å²) in [5, 5.41) is 0. The van der Waals surface area contributed by atoms with Crippen molar-refractivity contribution >= 4 is 11.6 Å². The highest BCUT2D eigenvalue weighted by molar-refractivity contribution is 6.26. The van der Waals surface area contributed by atoms with Crippen LogP contribution in [-0.2, 0) is 0 Å². The molecule has 1 saturated carbocycles.